The molecule has 2 rings (SSSR count). The molecule has 1 N–H and O–H groups in total. The van der Waals surface area contributed by atoms with Crippen LogP contribution in [0.1, 0.15) is 15.9 Å². The molecule has 0 unspecified atom stereocenters. The highest BCUT2D eigenvalue weighted by atomic mass is 16.5. The number of nitrogens with one attached hydrogen (secondary N) is 1. The molecule has 5 heteroatoms. The summed E-state index contributed by atoms with van der Waals surface area (Å²) < 4.78 is 10.4. The van der Waals surface area contributed by atoms with Crippen molar-refractivity contribution < 1.29 is 14.3 Å². The maximum atomic E-state index is 12.3. The van der Waals surface area contributed by atoms with E-state index in [0.717, 1.165) is 0 Å². The van der Waals surface area contributed by atoms with Crippen LogP contribution < -0.4 is 14.8 Å². The predicted molar refractivity (Wildman–Crippen MR) is 78.7 cm³/mol. The molecule has 2 aromatic carbocycles. The summed E-state index contributed by atoms with van der Waals surface area (Å²) in [6, 6.07) is 13.8. The minimum absolute atomic E-state index is 0.333. The first kappa shape index (κ1) is 14.4. The van der Waals surface area contributed by atoms with Crippen LogP contribution in [-0.4, -0.2) is 20.1 Å². The third kappa shape index (κ3) is 3.12. The maximum Gasteiger partial charge on any atom is 0.259 e. The molecule has 5 nitrogen and oxygen atoms in total. The van der Waals surface area contributed by atoms with Crippen LogP contribution in [-0.2, 0) is 0 Å². The zero-order valence-electron chi connectivity index (χ0n) is 11.7. The summed E-state index contributed by atoms with van der Waals surface area (Å²) in [5.41, 5.74) is 1.38. The van der Waals surface area contributed by atoms with E-state index >= 15 is 0 Å². The highest BCUT2D eigenvalue weighted by Gasteiger charge is 2.16. The van der Waals surface area contributed by atoms with E-state index in [1.165, 1.54) is 14.2 Å². The van der Waals surface area contributed by atoms with E-state index < -0.39 is 0 Å². The Hall–Kier alpha value is -3.00. The van der Waals surface area contributed by atoms with E-state index in [1.54, 1.807) is 42.5 Å². The number of hydrogen-bond acceptors (Lipinski definition) is 4. The Bertz CT molecular complexity index is 705. The Kier molecular flexibility index (Phi) is 4.42. The topological polar surface area (TPSA) is 71.3 Å². The second-order valence-corrected chi connectivity index (χ2v) is 4.19. The number of ether oxygens (including phenoxy) is 2. The van der Waals surface area contributed by atoms with Gasteiger partial charge < -0.3 is 14.8 Å². The average Bonchev–Trinajstić information content (AvgIpc) is 2.53. The maximum absolute atomic E-state index is 12.3. The molecule has 21 heavy (non-hydrogen) atoms. The van der Waals surface area contributed by atoms with E-state index in [1.807, 2.05) is 6.07 Å². The van der Waals surface area contributed by atoms with Gasteiger partial charge in [-0.1, -0.05) is 12.1 Å². The molecule has 0 atom stereocenters. The van der Waals surface area contributed by atoms with Gasteiger partial charge in [-0.3, -0.25) is 4.79 Å². The van der Waals surface area contributed by atoms with Gasteiger partial charge in [0.1, 0.15) is 0 Å². The molecule has 0 aliphatic heterocycles. The Morgan fingerprint density at radius 3 is 2.57 bits per heavy atom. The summed E-state index contributed by atoms with van der Waals surface area (Å²) in [5, 5.41) is 11.6. The van der Waals surface area contributed by atoms with Crippen molar-refractivity contribution >= 4 is 11.6 Å². The van der Waals surface area contributed by atoms with Gasteiger partial charge in [0, 0.05) is 5.69 Å². The van der Waals surface area contributed by atoms with Crippen molar-refractivity contribution in [2.45, 2.75) is 0 Å². The summed E-state index contributed by atoms with van der Waals surface area (Å²) in [7, 11) is 2.99. The van der Waals surface area contributed by atoms with E-state index in [2.05, 4.69) is 5.32 Å². The first-order valence-corrected chi connectivity index (χ1v) is 6.22. The monoisotopic (exact) mass is 282 g/mol. The highest BCUT2D eigenvalue weighted by molar-refractivity contribution is 6.06. The smallest absolute Gasteiger partial charge is 0.259 e. The number of carbonyl (C=O) groups is 1. The number of amides is 1. The van der Waals surface area contributed by atoms with E-state index in [9.17, 15) is 4.79 Å². The van der Waals surface area contributed by atoms with Gasteiger partial charge in [-0.25, -0.2) is 0 Å². The van der Waals surface area contributed by atoms with Crippen molar-refractivity contribution in [1.82, 2.24) is 0 Å². The molecule has 0 saturated carbocycles. The van der Waals surface area contributed by atoms with Gasteiger partial charge in [0.2, 0.25) is 0 Å². The molecule has 0 aromatic heterocycles. The number of hydrogen-bond donors (Lipinski definition) is 1. The van der Waals surface area contributed by atoms with Crippen LogP contribution in [0.5, 0.6) is 11.5 Å². The third-order valence-corrected chi connectivity index (χ3v) is 2.90. The molecule has 106 valence electrons. The first-order chi connectivity index (χ1) is 10.2. The number of methoxy groups -OCH3 is 2. The molecule has 0 heterocycles. The predicted octanol–water partition coefficient (Wildman–Crippen LogP) is 2.83. The molecular formula is C16H14N2O3. The molecule has 2 aromatic rings. The zero-order valence-corrected chi connectivity index (χ0v) is 11.7. The van der Waals surface area contributed by atoms with Crippen molar-refractivity contribution in [3.8, 4) is 17.6 Å². The van der Waals surface area contributed by atoms with Crippen molar-refractivity contribution in [3.63, 3.8) is 0 Å². The van der Waals surface area contributed by atoms with Gasteiger partial charge in [-0.15, -0.1) is 0 Å². The number of anilines is 1. The van der Waals surface area contributed by atoms with Gasteiger partial charge in [-0.05, 0) is 30.3 Å². The Morgan fingerprint density at radius 1 is 1.14 bits per heavy atom. The lowest BCUT2D eigenvalue weighted by atomic mass is 10.1. The zero-order chi connectivity index (χ0) is 15.2. The molecule has 0 spiro atoms. The van der Waals surface area contributed by atoms with Crippen molar-refractivity contribution in [3.05, 3.63) is 53.6 Å². The lowest BCUT2D eigenvalue weighted by Gasteiger charge is -2.12. The van der Waals surface area contributed by atoms with Gasteiger partial charge in [0.05, 0.1) is 31.4 Å². The van der Waals surface area contributed by atoms with Crippen LogP contribution in [0.15, 0.2) is 42.5 Å². The molecule has 0 radical (unpaired) electrons. The van der Waals surface area contributed by atoms with Crippen LogP contribution in [0.3, 0.4) is 0 Å². The molecule has 0 saturated heterocycles. The number of nitrogens with zero attached hydrogens (tertiary/aromatic N) is 1. The van der Waals surface area contributed by atoms with E-state index in [0.29, 0.717) is 28.3 Å². The van der Waals surface area contributed by atoms with Gasteiger partial charge >= 0.3 is 0 Å². The van der Waals surface area contributed by atoms with Gasteiger partial charge in [0.15, 0.2) is 11.5 Å². The summed E-state index contributed by atoms with van der Waals surface area (Å²) in [6.45, 7) is 0. The van der Waals surface area contributed by atoms with Crippen molar-refractivity contribution in [1.29, 1.82) is 5.26 Å². The summed E-state index contributed by atoms with van der Waals surface area (Å²) in [6.07, 6.45) is 0. The second-order valence-electron chi connectivity index (χ2n) is 4.19. The van der Waals surface area contributed by atoms with Gasteiger partial charge in [0.25, 0.3) is 5.91 Å². The lowest BCUT2D eigenvalue weighted by Crippen LogP contribution is -2.13. The van der Waals surface area contributed by atoms with E-state index in [-0.39, 0.29) is 5.91 Å². The fourth-order valence-electron chi connectivity index (χ4n) is 1.93. The average molecular weight is 282 g/mol. The highest BCUT2D eigenvalue weighted by Crippen LogP contribution is 2.31. The minimum Gasteiger partial charge on any atom is -0.493 e. The normalized spacial score (nSPS) is 9.57. The number of para-hydroxylation sites is 1. The number of rotatable bonds is 4. The lowest BCUT2D eigenvalue weighted by molar-refractivity contribution is 0.102. The van der Waals surface area contributed by atoms with Crippen LogP contribution in [0.2, 0.25) is 0 Å². The number of nitriles is 1. The SMILES string of the molecule is COc1cccc(C(=O)Nc2cccc(C#N)c2)c1OC. The molecule has 0 bridgehead atoms. The van der Waals surface area contributed by atoms with E-state index in [4.69, 9.17) is 14.7 Å². The molecule has 0 fully saturated rings. The molecular weight excluding hydrogens is 268 g/mol. The van der Waals surface area contributed by atoms with Crippen molar-refractivity contribution in [2.24, 2.45) is 0 Å². The molecule has 1 amide bonds. The van der Waals surface area contributed by atoms with Crippen LogP contribution >= 0.6 is 0 Å². The summed E-state index contributed by atoms with van der Waals surface area (Å²) >= 11 is 0. The molecule has 0 aliphatic rings. The van der Waals surface area contributed by atoms with Crippen LogP contribution in [0.25, 0.3) is 0 Å². The Balaban J connectivity index is 2.30. The standard InChI is InChI=1S/C16H14N2O3/c1-20-14-8-4-7-13(15(14)21-2)16(19)18-12-6-3-5-11(9-12)10-17/h3-9H,1-2H3,(H,18,19). The summed E-state index contributed by atoms with van der Waals surface area (Å²) in [5.74, 6) is 0.519. The quantitative estimate of drug-likeness (QED) is 0.936. The minimum atomic E-state index is -0.333. The van der Waals surface area contributed by atoms with Gasteiger partial charge in [-0.2, -0.15) is 5.26 Å². The molecule has 0 aliphatic carbocycles. The fraction of sp³-hybridized carbons (Fsp3) is 0.125. The Labute approximate surface area is 122 Å². The number of carbonyl (C=O) groups excluding carboxylic acids is 1. The Morgan fingerprint density at radius 2 is 1.90 bits per heavy atom. The third-order valence-electron chi connectivity index (χ3n) is 2.90. The largest absolute Gasteiger partial charge is 0.493 e. The van der Waals surface area contributed by atoms with Crippen LogP contribution in [0.4, 0.5) is 5.69 Å². The first-order valence-electron chi connectivity index (χ1n) is 6.22. The van der Waals surface area contributed by atoms with Crippen LogP contribution in [0, 0.1) is 11.3 Å². The summed E-state index contributed by atoms with van der Waals surface area (Å²) in [4.78, 5) is 12.3. The second kappa shape index (κ2) is 6.44. The fourth-order valence-corrected chi connectivity index (χ4v) is 1.93. The number of benzene rings is 2. The van der Waals surface area contributed by atoms with Crippen molar-refractivity contribution in [2.75, 3.05) is 19.5 Å².